The van der Waals surface area contributed by atoms with Crippen molar-refractivity contribution in [3.63, 3.8) is 0 Å². The van der Waals surface area contributed by atoms with E-state index in [4.69, 9.17) is 32.9 Å². The molecule has 6 heteroatoms. The molecule has 0 spiro atoms. The molecular formula is C19H16Cl2N2OS. The molecule has 0 aliphatic heterocycles. The van der Waals surface area contributed by atoms with Gasteiger partial charge in [-0.2, -0.15) is 0 Å². The van der Waals surface area contributed by atoms with Crippen molar-refractivity contribution in [1.29, 1.82) is 0 Å². The molecule has 3 nitrogen and oxygen atoms in total. The lowest BCUT2D eigenvalue weighted by Gasteiger charge is -2.17. The molecule has 2 aromatic carbocycles. The Hall–Kier alpha value is -1.75. The molecule has 0 saturated heterocycles. The van der Waals surface area contributed by atoms with Crippen LogP contribution in [0.4, 0.5) is 10.8 Å². The molecule has 3 aromatic rings. The van der Waals surface area contributed by atoms with Gasteiger partial charge in [0.25, 0.3) is 0 Å². The highest BCUT2D eigenvalue weighted by molar-refractivity contribution is 7.16. The molecule has 0 atom stereocenters. The van der Waals surface area contributed by atoms with Crippen molar-refractivity contribution in [1.82, 2.24) is 4.98 Å². The topological polar surface area (TPSA) is 34.1 Å². The number of nitrogens with zero attached hydrogens (tertiary/aromatic N) is 1. The van der Waals surface area contributed by atoms with Crippen LogP contribution in [0.1, 0.15) is 16.0 Å². The third kappa shape index (κ3) is 2.99. The largest absolute Gasteiger partial charge is 0.496 e. The van der Waals surface area contributed by atoms with Gasteiger partial charge in [-0.1, -0.05) is 29.3 Å². The van der Waals surface area contributed by atoms with Crippen LogP contribution >= 0.6 is 34.5 Å². The number of nitrogens with one attached hydrogen (secondary N) is 1. The van der Waals surface area contributed by atoms with E-state index in [0.29, 0.717) is 10.0 Å². The number of hydrogen-bond donors (Lipinski definition) is 1. The molecule has 0 amide bonds. The molecule has 0 bridgehead atoms. The quantitative estimate of drug-likeness (QED) is 0.571. The monoisotopic (exact) mass is 390 g/mol. The second-order valence-electron chi connectivity index (χ2n) is 6.00. The zero-order chi connectivity index (χ0) is 17.6. The molecular weight excluding hydrogens is 375 g/mol. The first-order chi connectivity index (χ1) is 12.1. The minimum absolute atomic E-state index is 0.512. The first-order valence-electron chi connectivity index (χ1n) is 7.95. The van der Waals surface area contributed by atoms with E-state index in [2.05, 4.69) is 24.4 Å². The first-order valence-corrected chi connectivity index (χ1v) is 9.52. The van der Waals surface area contributed by atoms with Crippen LogP contribution in [0.25, 0.3) is 11.3 Å². The second-order valence-corrected chi connectivity index (χ2v) is 7.86. The molecule has 0 radical (unpaired) electrons. The molecule has 1 aliphatic carbocycles. The van der Waals surface area contributed by atoms with Crippen LogP contribution in [0.3, 0.4) is 0 Å². The first kappa shape index (κ1) is 16.7. The maximum absolute atomic E-state index is 6.27. The average Bonchev–Trinajstić information content (AvgIpc) is 3.01. The molecule has 0 unspecified atom stereocenters. The smallest absolute Gasteiger partial charge is 0.188 e. The predicted molar refractivity (Wildman–Crippen MR) is 106 cm³/mol. The Morgan fingerprint density at radius 1 is 1.20 bits per heavy atom. The van der Waals surface area contributed by atoms with Crippen molar-refractivity contribution in [3.8, 4) is 17.0 Å². The van der Waals surface area contributed by atoms with E-state index in [1.165, 1.54) is 16.0 Å². The van der Waals surface area contributed by atoms with Gasteiger partial charge in [0, 0.05) is 10.4 Å². The zero-order valence-electron chi connectivity index (χ0n) is 13.8. The number of thiazole rings is 1. The van der Waals surface area contributed by atoms with Crippen molar-refractivity contribution in [2.75, 3.05) is 12.4 Å². The summed E-state index contributed by atoms with van der Waals surface area (Å²) in [6.07, 6.45) is 1.98. The zero-order valence-corrected chi connectivity index (χ0v) is 16.1. The van der Waals surface area contributed by atoms with Crippen LogP contribution in [0.2, 0.25) is 10.0 Å². The maximum atomic E-state index is 6.27. The fourth-order valence-corrected chi connectivity index (χ4v) is 4.46. The average molecular weight is 391 g/mol. The molecule has 1 aromatic heterocycles. The van der Waals surface area contributed by atoms with Gasteiger partial charge in [-0.15, -0.1) is 11.3 Å². The normalized spacial score (nSPS) is 12.5. The SMILES string of the molecule is COc1cc2c(cc1C)-c1nc(Nc3cccc(Cl)c3Cl)sc1CC2. The van der Waals surface area contributed by atoms with Gasteiger partial charge < -0.3 is 10.1 Å². The Bertz CT molecular complexity index is 968. The number of ether oxygens (including phenoxy) is 1. The number of halogens is 2. The Labute approximate surface area is 160 Å². The summed E-state index contributed by atoms with van der Waals surface area (Å²) in [5, 5.41) is 5.17. The molecule has 0 saturated carbocycles. The van der Waals surface area contributed by atoms with E-state index in [1.807, 2.05) is 12.1 Å². The minimum Gasteiger partial charge on any atom is -0.496 e. The number of benzene rings is 2. The molecule has 0 fully saturated rings. The van der Waals surface area contributed by atoms with Crippen molar-refractivity contribution >= 4 is 45.4 Å². The van der Waals surface area contributed by atoms with Crippen LogP contribution in [-0.4, -0.2) is 12.1 Å². The van der Waals surface area contributed by atoms with Gasteiger partial charge in [-0.25, -0.2) is 4.98 Å². The lowest BCUT2D eigenvalue weighted by Crippen LogP contribution is -2.03. The summed E-state index contributed by atoms with van der Waals surface area (Å²) < 4.78 is 5.45. The van der Waals surface area contributed by atoms with Gasteiger partial charge in [-0.05, 0) is 55.2 Å². The van der Waals surface area contributed by atoms with Crippen molar-refractivity contribution in [2.24, 2.45) is 0 Å². The van der Waals surface area contributed by atoms with E-state index in [1.54, 1.807) is 24.5 Å². The third-order valence-electron chi connectivity index (χ3n) is 4.39. The van der Waals surface area contributed by atoms with E-state index in [-0.39, 0.29) is 0 Å². The highest BCUT2D eigenvalue weighted by Gasteiger charge is 2.22. The number of fused-ring (bicyclic) bond motifs is 3. The van der Waals surface area contributed by atoms with E-state index in [0.717, 1.165) is 40.7 Å². The molecule has 1 aliphatic rings. The molecule has 1 N–H and O–H groups in total. The van der Waals surface area contributed by atoms with Crippen molar-refractivity contribution < 1.29 is 4.74 Å². The van der Waals surface area contributed by atoms with Gasteiger partial charge in [0.2, 0.25) is 0 Å². The molecule has 128 valence electrons. The van der Waals surface area contributed by atoms with Gasteiger partial charge in [0.05, 0.1) is 28.5 Å². The number of anilines is 2. The van der Waals surface area contributed by atoms with Crippen LogP contribution in [-0.2, 0) is 12.8 Å². The van der Waals surface area contributed by atoms with E-state index < -0.39 is 0 Å². The number of rotatable bonds is 3. The standard InChI is InChI=1S/C19H16Cl2N2OS/c1-10-8-12-11(9-15(10)24-2)6-7-16-18(12)23-19(25-16)22-14-5-3-4-13(20)17(14)21/h3-5,8-9H,6-7H2,1-2H3,(H,22,23). The third-order valence-corrected chi connectivity index (χ3v) is 6.24. The highest BCUT2D eigenvalue weighted by Crippen LogP contribution is 2.42. The minimum atomic E-state index is 0.512. The second kappa shape index (κ2) is 6.52. The Kier molecular flexibility index (Phi) is 4.36. The number of aromatic nitrogens is 1. The Balaban J connectivity index is 1.72. The maximum Gasteiger partial charge on any atom is 0.188 e. The van der Waals surface area contributed by atoms with Crippen LogP contribution < -0.4 is 10.1 Å². The van der Waals surface area contributed by atoms with E-state index >= 15 is 0 Å². The van der Waals surface area contributed by atoms with E-state index in [9.17, 15) is 0 Å². The fourth-order valence-electron chi connectivity index (χ4n) is 3.13. The summed E-state index contributed by atoms with van der Waals surface area (Å²) in [5.41, 5.74) is 5.42. The lowest BCUT2D eigenvalue weighted by atomic mass is 9.91. The predicted octanol–water partition coefficient (Wildman–Crippen LogP) is 6.28. The molecule has 4 rings (SSSR count). The van der Waals surface area contributed by atoms with Crippen molar-refractivity contribution in [3.05, 3.63) is 56.4 Å². The molecule has 1 heterocycles. The Morgan fingerprint density at radius 3 is 2.84 bits per heavy atom. The summed E-state index contributed by atoms with van der Waals surface area (Å²) in [7, 11) is 1.71. The van der Waals surface area contributed by atoms with Gasteiger partial charge in [0.15, 0.2) is 5.13 Å². The van der Waals surface area contributed by atoms with Crippen LogP contribution in [0.5, 0.6) is 5.75 Å². The summed E-state index contributed by atoms with van der Waals surface area (Å²) in [5.74, 6) is 0.932. The van der Waals surface area contributed by atoms with Crippen LogP contribution in [0, 0.1) is 6.92 Å². The van der Waals surface area contributed by atoms with Gasteiger partial charge in [-0.3, -0.25) is 0 Å². The summed E-state index contributed by atoms with van der Waals surface area (Å²) in [6, 6.07) is 9.84. The summed E-state index contributed by atoms with van der Waals surface area (Å²) in [6.45, 7) is 2.06. The van der Waals surface area contributed by atoms with Gasteiger partial charge in [0.1, 0.15) is 5.75 Å². The number of hydrogen-bond acceptors (Lipinski definition) is 4. The Morgan fingerprint density at radius 2 is 2.04 bits per heavy atom. The fraction of sp³-hybridized carbons (Fsp3) is 0.211. The van der Waals surface area contributed by atoms with Gasteiger partial charge >= 0.3 is 0 Å². The van der Waals surface area contributed by atoms with Crippen molar-refractivity contribution in [2.45, 2.75) is 19.8 Å². The van der Waals surface area contributed by atoms with Crippen LogP contribution in [0.15, 0.2) is 30.3 Å². The number of aryl methyl sites for hydroxylation is 3. The molecule has 25 heavy (non-hydrogen) atoms. The lowest BCUT2D eigenvalue weighted by molar-refractivity contribution is 0.411. The summed E-state index contributed by atoms with van der Waals surface area (Å²) >= 11 is 14.0. The number of methoxy groups -OCH3 is 1. The summed E-state index contributed by atoms with van der Waals surface area (Å²) in [4.78, 5) is 6.11. The highest BCUT2D eigenvalue weighted by atomic mass is 35.5.